The molecular formula is C19H20N4O5S. The molecule has 0 saturated heterocycles. The fraction of sp³-hybridized carbons (Fsp3) is 0.158. The SMILES string of the molecule is COc1ccc(S(=O)(=O)N/N=C\c2cn(CC(N)=O)c3ccccc23)cc1OC. The normalized spacial score (nSPS) is 11.7. The number of ether oxygens (including phenoxy) is 2. The number of methoxy groups -OCH3 is 2. The lowest BCUT2D eigenvalue weighted by Gasteiger charge is -2.09. The molecule has 2 aromatic carbocycles. The van der Waals surface area contributed by atoms with Gasteiger partial charge in [-0.3, -0.25) is 4.79 Å². The minimum absolute atomic E-state index is 0.00568. The van der Waals surface area contributed by atoms with Crippen molar-refractivity contribution in [2.45, 2.75) is 11.4 Å². The van der Waals surface area contributed by atoms with Gasteiger partial charge in [0.15, 0.2) is 11.5 Å². The van der Waals surface area contributed by atoms with Crippen molar-refractivity contribution in [2.24, 2.45) is 10.8 Å². The first-order valence-corrected chi connectivity index (χ1v) is 9.97. The minimum Gasteiger partial charge on any atom is -0.493 e. The highest BCUT2D eigenvalue weighted by atomic mass is 32.2. The van der Waals surface area contributed by atoms with E-state index in [9.17, 15) is 13.2 Å². The van der Waals surface area contributed by atoms with Crippen LogP contribution in [0.4, 0.5) is 0 Å². The Morgan fingerprint density at radius 3 is 2.59 bits per heavy atom. The topological polar surface area (TPSA) is 125 Å². The van der Waals surface area contributed by atoms with E-state index in [-0.39, 0.29) is 17.2 Å². The molecule has 10 heteroatoms. The third-order valence-electron chi connectivity index (χ3n) is 4.19. The first kappa shape index (κ1) is 20.2. The maximum atomic E-state index is 12.5. The van der Waals surface area contributed by atoms with Crippen LogP contribution in [0.25, 0.3) is 10.9 Å². The number of fused-ring (bicyclic) bond motifs is 1. The lowest BCUT2D eigenvalue weighted by Crippen LogP contribution is -2.18. The number of hydrogen-bond acceptors (Lipinski definition) is 6. The third kappa shape index (κ3) is 4.32. The van der Waals surface area contributed by atoms with E-state index in [1.807, 2.05) is 24.3 Å². The van der Waals surface area contributed by atoms with Crippen molar-refractivity contribution in [3.05, 3.63) is 54.2 Å². The summed E-state index contributed by atoms with van der Waals surface area (Å²) in [6.45, 7) is 0.00568. The van der Waals surface area contributed by atoms with E-state index in [0.29, 0.717) is 11.3 Å². The summed E-state index contributed by atoms with van der Waals surface area (Å²) in [6.07, 6.45) is 3.06. The minimum atomic E-state index is -3.92. The standard InChI is InChI=1S/C19H20N4O5S/c1-27-17-8-7-14(9-18(17)28-2)29(25,26)22-21-10-13-11-23(12-19(20)24)16-6-4-3-5-15(13)16/h3-11,22H,12H2,1-2H3,(H2,20,24)/b21-10-. The number of hydrazone groups is 1. The number of nitrogens with zero attached hydrogens (tertiary/aromatic N) is 2. The zero-order valence-corrected chi connectivity index (χ0v) is 16.6. The monoisotopic (exact) mass is 416 g/mol. The summed E-state index contributed by atoms with van der Waals surface area (Å²) < 4.78 is 37.0. The molecule has 0 aliphatic rings. The van der Waals surface area contributed by atoms with Crippen LogP contribution in [0, 0.1) is 0 Å². The van der Waals surface area contributed by atoms with Gasteiger partial charge in [0, 0.05) is 28.7 Å². The van der Waals surface area contributed by atoms with Gasteiger partial charge in [-0.1, -0.05) is 18.2 Å². The Balaban J connectivity index is 1.87. The van der Waals surface area contributed by atoms with Crippen LogP contribution in [0.3, 0.4) is 0 Å². The number of carbonyl (C=O) groups excluding carboxylic acids is 1. The first-order valence-electron chi connectivity index (χ1n) is 8.49. The Hall–Kier alpha value is -3.53. The number of rotatable bonds is 8. The van der Waals surface area contributed by atoms with Gasteiger partial charge in [0.2, 0.25) is 5.91 Å². The summed E-state index contributed by atoms with van der Waals surface area (Å²) in [6, 6.07) is 11.6. The van der Waals surface area contributed by atoms with Crippen molar-refractivity contribution < 1.29 is 22.7 Å². The molecule has 9 nitrogen and oxygen atoms in total. The summed E-state index contributed by atoms with van der Waals surface area (Å²) in [7, 11) is -1.04. The van der Waals surface area contributed by atoms with E-state index in [2.05, 4.69) is 9.93 Å². The summed E-state index contributed by atoms with van der Waals surface area (Å²) in [5.74, 6) is 0.217. The van der Waals surface area contributed by atoms with E-state index in [0.717, 1.165) is 10.9 Å². The van der Waals surface area contributed by atoms with E-state index < -0.39 is 15.9 Å². The fourth-order valence-electron chi connectivity index (χ4n) is 2.88. The number of hydrogen-bond donors (Lipinski definition) is 2. The van der Waals surface area contributed by atoms with Crippen molar-refractivity contribution in [3.63, 3.8) is 0 Å². The van der Waals surface area contributed by atoms with Crippen LogP contribution in [0.2, 0.25) is 0 Å². The van der Waals surface area contributed by atoms with Crippen LogP contribution in [0.5, 0.6) is 11.5 Å². The van der Waals surface area contributed by atoms with Gasteiger partial charge in [-0.05, 0) is 18.2 Å². The van der Waals surface area contributed by atoms with Crippen molar-refractivity contribution >= 4 is 33.0 Å². The predicted octanol–water partition coefficient (Wildman–Crippen LogP) is 1.46. The molecule has 29 heavy (non-hydrogen) atoms. The summed E-state index contributed by atoms with van der Waals surface area (Å²) in [5, 5.41) is 4.67. The predicted molar refractivity (Wildman–Crippen MR) is 109 cm³/mol. The molecule has 0 radical (unpaired) electrons. The molecule has 0 saturated carbocycles. The fourth-order valence-corrected chi connectivity index (χ4v) is 3.68. The smallest absolute Gasteiger partial charge is 0.276 e. The van der Waals surface area contributed by atoms with Gasteiger partial charge in [0.1, 0.15) is 6.54 Å². The number of aromatic nitrogens is 1. The zero-order valence-electron chi connectivity index (χ0n) is 15.8. The molecule has 152 valence electrons. The molecule has 1 amide bonds. The van der Waals surface area contributed by atoms with Gasteiger partial charge in [-0.25, -0.2) is 4.83 Å². The second-order valence-electron chi connectivity index (χ2n) is 6.07. The van der Waals surface area contributed by atoms with Gasteiger partial charge in [0.25, 0.3) is 10.0 Å². The highest BCUT2D eigenvalue weighted by molar-refractivity contribution is 7.89. The van der Waals surface area contributed by atoms with Crippen molar-refractivity contribution in [3.8, 4) is 11.5 Å². The molecule has 0 atom stereocenters. The Bertz CT molecular complexity index is 1180. The van der Waals surface area contributed by atoms with Gasteiger partial charge in [0.05, 0.1) is 25.3 Å². The van der Waals surface area contributed by atoms with Crippen LogP contribution in [0.15, 0.2) is 58.7 Å². The second-order valence-corrected chi connectivity index (χ2v) is 7.73. The number of primary amides is 1. The van der Waals surface area contributed by atoms with Crippen LogP contribution in [-0.2, 0) is 21.4 Å². The van der Waals surface area contributed by atoms with Crippen LogP contribution >= 0.6 is 0 Å². The van der Waals surface area contributed by atoms with Gasteiger partial charge in [-0.15, -0.1) is 0 Å². The van der Waals surface area contributed by atoms with Gasteiger partial charge in [-0.2, -0.15) is 13.5 Å². The molecule has 1 aromatic heterocycles. The van der Waals surface area contributed by atoms with Crippen LogP contribution in [0.1, 0.15) is 5.56 Å². The molecule has 3 rings (SSSR count). The van der Waals surface area contributed by atoms with Gasteiger partial charge >= 0.3 is 0 Å². The van der Waals surface area contributed by atoms with Crippen LogP contribution in [-0.4, -0.2) is 39.3 Å². The maximum absolute atomic E-state index is 12.5. The molecule has 1 heterocycles. The number of nitrogens with one attached hydrogen (secondary N) is 1. The van der Waals surface area contributed by atoms with E-state index in [1.54, 1.807) is 10.8 Å². The van der Waals surface area contributed by atoms with Crippen molar-refractivity contribution in [1.29, 1.82) is 0 Å². The molecule has 0 spiro atoms. The molecule has 0 aliphatic heterocycles. The summed E-state index contributed by atoms with van der Waals surface area (Å²) >= 11 is 0. The van der Waals surface area contributed by atoms with Crippen LogP contribution < -0.4 is 20.0 Å². The highest BCUT2D eigenvalue weighted by Crippen LogP contribution is 2.29. The summed E-state index contributed by atoms with van der Waals surface area (Å²) in [5.41, 5.74) is 6.71. The highest BCUT2D eigenvalue weighted by Gasteiger charge is 2.16. The second kappa shape index (κ2) is 8.23. The van der Waals surface area contributed by atoms with Gasteiger partial charge < -0.3 is 19.8 Å². The quantitative estimate of drug-likeness (QED) is 0.425. The number of nitrogens with two attached hydrogens (primary N) is 1. The molecule has 0 fully saturated rings. The average Bonchev–Trinajstić information content (AvgIpc) is 3.04. The zero-order chi connectivity index (χ0) is 21.0. The summed E-state index contributed by atoms with van der Waals surface area (Å²) in [4.78, 5) is 13.4. The van der Waals surface area contributed by atoms with E-state index in [1.165, 1.54) is 38.6 Å². The Labute approximate surface area is 167 Å². The molecule has 3 N–H and O–H groups in total. The van der Waals surface area contributed by atoms with E-state index in [4.69, 9.17) is 15.2 Å². The number of benzene rings is 2. The largest absolute Gasteiger partial charge is 0.493 e. The number of para-hydroxylation sites is 1. The Morgan fingerprint density at radius 1 is 1.17 bits per heavy atom. The number of sulfonamides is 1. The van der Waals surface area contributed by atoms with E-state index >= 15 is 0 Å². The Morgan fingerprint density at radius 2 is 1.90 bits per heavy atom. The lowest BCUT2D eigenvalue weighted by atomic mass is 10.2. The molecule has 0 aliphatic carbocycles. The van der Waals surface area contributed by atoms with Crippen molar-refractivity contribution in [1.82, 2.24) is 9.40 Å². The van der Waals surface area contributed by atoms with Crippen molar-refractivity contribution in [2.75, 3.05) is 14.2 Å². The third-order valence-corrected chi connectivity index (χ3v) is 5.41. The first-order chi connectivity index (χ1) is 13.9. The molecular weight excluding hydrogens is 396 g/mol. The average molecular weight is 416 g/mol. The molecule has 0 bridgehead atoms. The Kier molecular flexibility index (Phi) is 5.74. The lowest BCUT2D eigenvalue weighted by molar-refractivity contribution is -0.118. The number of carbonyl (C=O) groups is 1. The molecule has 3 aromatic rings. The maximum Gasteiger partial charge on any atom is 0.276 e. The molecule has 0 unspecified atom stereocenters. The number of amides is 1.